The van der Waals surface area contributed by atoms with Gasteiger partial charge in [-0.1, -0.05) is 37.1 Å². The van der Waals surface area contributed by atoms with Gasteiger partial charge in [0.05, 0.1) is 37.1 Å². The molecule has 1 amide bonds. The van der Waals surface area contributed by atoms with E-state index >= 15 is 0 Å². The Bertz CT molecular complexity index is 934. The molecule has 0 bridgehead atoms. The summed E-state index contributed by atoms with van der Waals surface area (Å²) in [6.07, 6.45) is 8.00. The van der Waals surface area contributed by atoms with Crippen LogP contribution in [0.4, 0.5) is 0 Å². The number of hydrogen-bond donors (Lipinski definition) is 2. The summed E-state index contributed by atoms with van der Waals surface area (Å²) in [7, 11) is 1.57. The second-order valence-corrected chi connectivity index (χ2v) is 11.0. The number of esters is 1. The zero-order valence-electron chi connectivity index (χ0n) is 21.9. The molecule has 2 saturated carbocycles. The van der Waals surface area contributed by atoms with E-state index in [-0.39, 0.29) is 43.0 Å². The first kappa shape index (κ1) is 27.6. The van der Waals surface area contributed by atoms with E-state index in [4.69, 9.17) is 14.2 Å². The largest absolute Gasteiger partial charge is 0.481 e. The van der Waals surface area contributed by atoms with Crippen molar-refractivity contribution in [2.24, 2.45) is 17.3 Å². The number of hydrogen-bond acceptors (Lipinski definition) is 6. The van der Waals surface area contributed by atoms with E-state index < -0.39 is 17.3 Å². The van der Waals surface area contributed by atoms with E-state index in [1.807, 2.05) is 18.2 Å². The van der Waals surface area contributed by atoms with Crippen molar-refractivity contribution in [2.75, 3.05) is 26.9 Å². The van der Waals surface area contributed by atoms with Crippen LogP contribution in [0.15, 0.2) is 24.3 Å². The predicted octanol–water partition coefficient (Wildman–Crippen LogP) is 4.21. The van der Waals surface area contributed by atoms with Crippen LogP contribution in [0.5, 0.6) is 0 Å². The molecular formula is C29H41NO7. The number of rotatable bonds is 12. The Morgan fingerprint density at radius 3 is 2.49 bits per heavy atom. The van der Waals surface area contributed by atoms with Crippen LogP contribution in [0.1, 0.15) is 81.4 Å². The molecule has 0 spiro atoms. The number of ether oxygens (including phenoxy) is 3. The molecular weight excluding hydrogens is 474 g/mol. The van der Waals surface area contributed by atoms with Crippen molar-refractivity contribution in [1.29, 1.82) is 0 Å². The van der Waals surface area contributed by atoms with E-state index in [1.165, 1.54) is 5.56 Å². The van der Waals surface area contributed by atoms with Gasteiger partial charge >= 0.3 is 11.9 Å². The van der Waals surface area contributed by atoms with Crippen LogP contribution < -0.4 is 5.32 Å². The maximum Gasteiger partial charge on any atom is 0.309 e. The van der Waals surface area contributed by atoms with Gasteiger partial charge in [0.1, 0.15) is 6.10 Å². The second-order valence-electron chi connectivity index (χ2n) is 11.0. The maximum atomic E-state index is 13.5. The molecule has 0 aromatic heterocycles. The molecule has 1 aromatic carbocycles. The van der Waals surface area contributed by atoms with Gasteiger partial charge in [-0.15, -0.1) is 0 Å². The van der Waals surface area contributed by atoms with Gasteiger partial charge in [0.2, 0.25) is 5.91 Å². The average Bonchev–Trinajstić information content (AvgIpc) is 3.54. The number of carboxylic acids is 1. The molecule has 2 unspecified atom stereocenters. The Morgan fingerprint density at radius 2 is 1.78 bits per heavy atom. The lowest BCUT2D eigenvalue weighted by Crippen LogP contribution is -2.47. The number of aliphatic carboxylic acids is 1. The third kappa shape index (κ3) is 6.90. The summed E-state index contributed by atoms with van der Waals surface area (Å²) in [5.41, 5.74) is 1.72. The average molecular weight is 516 g/mol. The number of fused-ring (bicyclic) bond motifs is 1. The van der Waals surface area contributed by atoms with E-state index in [0.717, 1.165) is 44.1 Å². The van der Waals surface area contributed by atoms with Gasteiger partial charge in [-0.25, -0.2) is 0 Å². The molecule has 4 rings (SSSR count). The Balaban J connectivity index is 1.27. The van der Waals surface area contributed by atoms with Crippen molar-refractivity contribution in [3.8, 4) is 0 Å². The normalized spacial score (nSPS) is 25.3. The molecule has 0 saturated heterocycles. The van der Waals surface area contributed by atoms with Gasteiger partial charge in [-0.3, -0.25) is 14.4 Å². The molecule has 3 aliphatic rings. The van der Waals surface area contributed by atoms with Crippen molar-refractivity contribution in [2.45, 2.75) is 82.8 Å². The van der Waals surface area contributed by atoms with E-state index in [2.05, 4.69) is 11.4 Å². The molecule has 37 heavy (non-hydrogen) atoms. The molecule has 2 fully saturated rings. The Morgan fingerprint density at radius 1 is 1.05 bits per heavy atom. The first-order chi connectivity index (χ1) is 17.9. The van der Waals surface area contributed by atoms with Crippen molar-refractivity contribution in [1.82, 2.24) is 5.32 Å². The monoisotopic (exact) mass is 515 g/mol. The summed E-state index contributed by atoms with van der Waals surface area (Å²) in [5.74, 6) is -1.97. The molecule has 0 radical (unpaired) electrons. The summed E-state index contributed by atoms with van der Waals surface area (Å²) in [6, 6.07) is 8.16. The van der Waals surface area contributed by atoms with E-state index in [1.54, 1.807) is 7.11 Å². The molecule has 3 aliphatic carbocycles. The minimum absolute atomic E-state index is 0.00228. The number of methoxy groups -OCH3 is 1. The van der Waals surface area contributed by atoms with E-state index in [0.29, 0.717) is 38.9 Å². The lowest BCUT2D eigenvalue weighted by Gasteiger charge is -2.34. The maximum absolute atomic E-state index is 13.5. The number of amides is 1. The van der Waals surface area contributed by atoms with Crippen molar-refractivity contribution in [3.05, 3.63) is 35.4 Å². The summed E-state index contributed by atoms with van der Waals surface area (Å²) in [6.45, 7) is 0.812. The molecule has 0 aliphatic heterocycles. The number of aryl methyl sites for hydroxylation is 1. The fourth-order valence-electron chi connectivity index (χ4n) is 6.32. The van der Waals surface area contributed by atoms with Crippen LogP contribution in [0.3, 0.4) is 0 Å². The summed E-state index contributed by atoms with van der Waals surface area (Å²) in [5, 5.41) is 13.0. The number of nitrogens with one attached hydrogen (secondary N) is 1. The molecule has 8 heteroatoms. The minimum atomic E-state index is -0.930. The minimum Gasteiger partial charge on any atom is -0.481 e. The molecule has 2 atom stereocenters. The molecule has 2 N–H and O–H groups in total. The van der Waals surface area contributed by atoms with Crippen molar-refractivity contribution < 1.29 is 33.7 Å². The van der Waals surface area contributed by atoms with Crippen LogP contribution in [0.25, 0.3) is 0 Å². The summed E-state index contributed by atoms with van der Waals surface area (Å²) < 4.78 is 16.4. The van der Waals surface area contributed by atoms with Crippen LogP contribution >= 0.6 is 0 Å². The first-order valence-corrected chi connectivity index (χ1v) is 13.8. The Labute approximate surface area is 219 Å². The van der Waals surface area contributed by atoms with Crippen molar-refractivity contribution >= 4 is 17.8 Å². The lowest BCUT2D eigenvalue weighted by atomic mass is 9.76. The molecule has 1 aromatic rings. The Hall–Kier alpha value is -2.45. The molecule has 0 heterocycles. The highest BCUT2D eigenvalue weighted by molar-refractivity contribution is 5.84. The third-order valence-corrected chi connectivity index (χ3v) is 8.51. The quantitative estimate of drug-likeness (QED) is 0.317. The second kappa shape index (κ2) is 12.9. The van der Waals surface area contributed by atoms with Gasteiger partial charge in [-0.05, 0) is 68.9 Å². The van der Waals surface area contributed by atoms with Crippen LogP contribution in [0.2, 0.25) is 0 Å². The first-order valence-electron chi connectivity index (χ1n) is 13.8. The fraction of sp³-hybridized carbons (Fsp3) is 0.690. The standard InChI is InChI=1S/C29H41NO7/c1-35-16-17-36-19-22(26(31)32)18-29(14-4-5-15-29)28(34)30-23-11-8-21(9-12-23)27(33)37-25-13-10-20-6-2-3-7-24(20)25/h2-3,6-7,21-23,25H,4-5,8-19H2,1H3,(H,30,34)(H,31,32). The zero-order valence-corrected chi connectivity index (χ0v) is 21.9. The SMILES string of the molecule is COCCOCC(CC1(C(=O)NC2CCC(C(=O)OC3CCc4ccccc43)CC2)CCCC1)C(=O)O. The topological polar surface area (TPSA) is 111 Å². The van der Waals surface area contributed by atoms with Gasteiger partial charge in [0.25, 0.3) is 0 Å². The molecule has 8 nitrogen and oxygen atoms in total. The highest BCUT2D eigenvalue weighted by Gasteiger charge is 2.45. The Kier molecular flexibility index (Phi) is 9.60. The van der Waals surface area contributed by atoms with Gasteiger partial charge in [-0.2, -0.15) is 0 Å². The highest BCUT2D eigenvalue weighted by Crippen LogP contribution is 2.44. The van der Waals surface area contributed by atoms with Crippen LogP contribution in [-0.2, 0) is 35.0 Å². The highest BCUT2D eigenvalue weighted by atomic mass is 16.5. The van der Waals surface area contributed by atoms with Gasteiger partial charge < -0.3 is 24.6 Å². The van der Waals surface area contributed by atoms with Gasteiger partial charge in [0, 0.05) is 13.2 Å². The van der Waals surface area contributed by atoms with Crippen LogP contribution in [-0.4, -0.2) is 55.9 Å². The lowest BCUT2D eigenvalue weighted by molar-refractivity contribution is -0.155. The van der Waals surface area contributed by atoms with Crippen molar-refractivity contribution in [3.63, 3.8) is 0 Å². The number of carbonyl (C=O) groups excluding carboxylic acids is 2. The van der Waals surface area contributed by atoms with E-state index in [9.17, 15) is 19.5 Å². The number of carbonyl (C=O) groups is 3. The summed E-state index contributed by atoms with van der Waals surface area (Å²) >= 11 is 0. The molecule has 204 valence electrons. The number of carboxylic acid groups (broad SMARTS) is 1. The number of benzene rings is 1. The smallest absolute Gasteiger partial charge is 0.309 e. The van der Waals surface area contributed by atoms with Crippen LogP contribution in [0, 0.1) is 17.3 Å². The predicted molar refractivity (Wildman–Crippen MR) is 137 cm³/mol. The third-order valence-electron chi connectivity index (χ3n) is 8.51. The van der Waals surface area contributed by atoms with Gasteiger partial charge in [0.15, 0.2) is 0 Å². The fourth-order valence-corrected chi connectivity index (χ4v) is 6.32. The summed E-state index contributed by atoms with van der Waals surface area (Å²) in [4.78, 5) is 38.3. The zero-order chi connectivity index (χ0) is 26.3.